The molecule has 0 aliphatic heterocycles. The van der Waals surface area contributed by atoms with Gasteiger partial charge in [0.05, 0.1) is 18.4 Å². The summed E-state index contributed by atoms with van der Waals surface area (Å²) < 4.78 is 5.10. The summed E-state index contributed by atoms with van der Waals surface area (Å²) in [6, 6.07) is 23.0. The van der Waals surface area contributed by atoms with Gasteiger partial charge in [-0.25, -0.2) is 0 Å². The molecule has 0 aromatic heterocycles. The molecule has 0 aliphatic carbocycles. The number of rotatable bonds is 9. The van der Waals surface area contributed by atoms with E-state index in [0.29, 0.717) is 29.1 Å². The number of para-hydroxylation sites is 1. The third-order valence-corrected chi connectivity index (χ3v) is 4.74. The van der Waals surface area contributed by atoms with Gasteiger partial charge in [-0.3, -0.25) is 14.4 Å². The van der Waals surface area contributed by atoms with Gasteiger partial charge < -0.3 is 20.7 Å². The molecule has 0 spiro atoms. The van der Waals surface area contributed by atoms with E-state index in [1.807, 2.05) is 30.3 Å². The van der Waals surface area contributed by atoms with E-state index in [-0.39, 0.29) is 30.7 Å². The molecule has 0 aliphatic rings. The van der Waals surface area contributed by atoms with Crippen LogP contribution in [0.2, 0.25) is 0 Å². The highest BCUT2D eigenvalue weighted by Crippen LogP contribution is 2.17. The lowest BCUT2D eigenvalue weighted by atomic mass is 10.1. The quantitative estimate of drug-likeness (QED) is 0.484. The van der Waals surface area contributed by atoms with Gasteiger partial charge in [0.1, 0.15) is 5.75 Å². The first-order valence-corrected chi connectivity index (χ1v) is 10.2. The maximum Gasteiger partial charge on any atom is 0.255 e. The SMILES string of the molecule is COc1ccc(C(=O)Nc2ccccc2C(=O)NCCC(=O)NCc2ccccc2)cc1. The molecule has 0 heterocycles. The summed E-state index contributed by atoms with van der Waals surface area (Å²) in [5, 5.41) is 8.31. The van der Waals surface area contributed by atoms with E-state index >= 15 is 0 Å². The van der Waals surface area contributed by atoms with Gasteiger partial charge in [-0.2, -0.15) is 0 Å². The molecule has 3 aromatic rings. The molecule has 7 heteroatoms. The number of ether oxygens (including phenoxy) is 1. The second-order valence-corrected chi connectivity index (χ2v) is 7.00. The topological polar surface area (TPSA) is 96.5 Å². The number of anilines is 1. The standard InChI is InChI=1S/C25H25N3O4/c1-32-20-13-11-19(12-14-20)24(30)28-22-10-6-5-9-21(22)25(31)26-16-15-23(29)27-17-18-7-3-2-4-8-18/h2-14H,15-17H2,1H3,(H,26,31)(H,27,29)(H,28,30). The Morgan fingerprint density at radius 1 is 0.781 bits per heavy atom. The van der Waals surface area contributed by atoms with E-state index in [1.165, 1.54) is 0 Å². The molecule has 0 radical (unpaired) electrons. The number of carbonyl (C=O) groups is 3. The maximum atomic E-state index is 12.6. The summed E-state index contributed by atoms with van der Waals surface area (Å²) in [5.74, 6) is -0.218. The van der Waals surface area contributed by atoms with E-state index in [1.54, 1.807) is 55.6 Å². The molecule has 0 bridgehead atoms. The van der Waals surface area contributed by atoms with Crippen molar-refractivity contribution < 1.29 is 19.1 Å². The molecule has 0 unspecified atom stereocenters. The highest BCUT2D eigenvalue weighted by atomic mass is 16.5. The molecule has 3 N–H and O–H groups in total. The van der Waals surface area contributed by atoms with Gasteiger partial charge in [-0.15, -0.1) is 0 Å². The Labute approximate surface area is 186 Å². The van der Waals surface area contributed by atoms with Crippen molar-refractivity contribution >= 4 is 23.4 Å². The number of nitrogens with one attached hydrogen (secondary N) is 3. The fraction of sp³-hybridized carbons (Fsp3) is 0.160. The van der Waals surface area contributed by atoms with Gasteiger partial charge in [0.25, 0.3) is 11.8 Å². The van der Waals surface area contributed by atoms with Crippen molar-refractivity contribution in [3.63, 3.8) is 0 Å². The minimum atomic E-state index is -0.369. The van der Waals surface area contributed by atoms with Crippen LogP contribution in [-0.4, -0.2) is 31.4 Å². The molecule has 32 heavy (non-hydrogen) atoms. The second kappa shape index (κ2) is 11.3. The third-order valence-electron chi connectivity index (χ3n) is 4.74. The first kappa shape index (κ1) is 22.6. The summed E-state index contributed by atoms with van der Waals surface area (Å²) in [7, 11) is 1.55. The van der Waals surface area contributed by atoms with E-state index < -0.39 is 0 Å². The Kier molecular flexibility index (Phi) is 7.97. The minimum Gasteiger partial charge on any atom is -0.497 e. The Morgan fingerprint density at radius 3 is 2.19 bits per heavy atom. The minimum absolute atomic E-state index is 0.152. The van der Waals surface area contributed by atoms with Crippen molar-refractivity contribution in [2.24, 2.45) is 0 Å². The van der Waals surface area contributed by atoms with Crippen LogP contribution in [0.15, 0.2) is 78.9 Å². The first-order chi connectivity index (χ1) is 15.6. The van der Waals surface area contributed by atoms with Crippen molar-refractivity contribution in [2.45, 2.75) is 13.0 Å². The summed E-state index contributed by atoms with van der Waals surface area (Å²) >= 11 is 0. The van der Waals surface area contributed by atoms with E-state index in [0.717, 1.165) is 5.56 Å². The van der Waals surface area contributed by atoms with E-state index in [9.17, 15) is 14.4 Å². The number of carbonyl (C=O) groups excluding carboxylic acids is 3. The number of hydrogen-bond donors (Lipinski definition) is 3. The Bertz CT molecular complexity index is 1070. The molecule has 3 rings (SSSR count). The second-order valence-electron chi connectivity index (χ2n) is 7.00. The predicted molar refractivity (Wildman–Crippen MR) is 123 cm³/mol. The molecule has 0 saturated heterocycles. The fourth-order valence-electron chi connectivity index (χ4n) is 3.00. The van der Waals surface area contributed by atoms with Gasteiger partial charge in [0.2, 0.25) is 5.91 Å². The first-order valence-electron chi connectivity index (χ1n) is 10.2. The largest absolute Gasteiger partial charge is 0.497 e. The zero-order valence-corrected chi connectivity index (χ0v) is 17.8. The zero-order chi connectivity index (χ0) is 22.8. The van der Waals surface area contributed by atoms with Crippen molar-refractivity contribution in [1.29, 1.82) is 0 Å². The lowest BCUT2D eigenvalue weighted by Gasteiger charge is -2.12. The van der Waals surface area contributed by atoms with Crippen LogP contribution in [-0.2, 0) is 11.3 Å². The van der Waals surface area contributed by atoms with Crippen LogP contribution >= 0.6 is 0 Å². The van der Waals surface area contributed by atoms with Gasteiger partial charge in [0.15, 0.2) is 0 Å². The smallest absolute Gasteiger partial charge is 0.255 e. The lowest BCUT2D eigenvalue weighted by Crippen LogP contribution is -2.31. The van der Waals surface area contributed by atoms with Crippen LogP contribution in [0.3, 0.4) is 0 Å². The van der Waals surface area contributed by atoms with Crippen molar-refractivity contribution in [2.75, 3.05) is 19.0 Å². The Hall–Kier alpha value is -4.13. The van der Waals surface area contributed by atoms with Gasteiger partial charge in [-0.05, 0) is 42.0 Å². The van der Waals surface area contributed by atoms with E-state index in [4.69, 9.17) is 4.74 Å². The molecule has 0 atom stereocenters. The lowest BCUT2D eigenvalue weighted by molar-refractivity contribution is -0.121. The van der Waals surface area contributed by atoms with Crippen LogP contribution in [0.5, 0.6) is 5.75 Å². The molecule has 0 saturated carbocycles. The summed E-state index contributed by atoms with van der Waals surface area (Å²) in [4.78, 5) is 37.2. The number of hydrogen-bond acceptors (Lipinski definition) is 4. The maximum absolute atomic E-state index is 12.6. The summed E-state index contributed by atoms with van der Waals surface area (Å²) in [6.07, 6.45) is 0.152. The number of methoxy groups -OCH3 is 1. The molecule has 0 fully saturated rings. The average Bonchev–Trinajstić information content (AvgIpc) is 2.83. The van der Waals surface area contributed by atoms with E-state index in [2.05, 4.69) is 16.0 Å². The molecule has 7 nitrogen and oxygen atoms in total. The molecule has 3 amide bonds. The highest BCUT2D eigenvalue weighted by molar-refractivity contribution is 6.09. The molecular formula is C25H25N3O4. The number of amides is 3. The van der Waals surface area contributed by atoms with Crippen LogP contribution in [0, 0.1) is 0 Å². The number of benzene rings is 3. The van der Waals surface area contributed by atoms with Crippen LogP contribution in [0.4, 0.5) is 5.69 Å². The van der Waals surface area contributed by atoms with Crippen LogP contribution in [0.1, 0.15) is 32.7 Å². The van der Waals surface area contributed by atoms with Crippen molar-refractivity contribution in [3.05, 3.63) is 95.6 Å². The monoisotopic (exact) mass is 431 g/mol. The Morgan fingerprint density at radius 2 is 1.47 bits per heavy atom. The van der Waals surface area contributed by atoms with Crippen LogP contribution in [0.25, 0.3) is 0 Å². The molecular weight excluding hydrogens is 406 g/mol. The third kappa shape index (κ3) is 6.43. The Balaban J connectivity index is 1.52. The normalized spacial score (nSPS) is 10.2. The highest BCUT2D eigenvalue weighted by Gasteiger charge is 2.14. The molecule has 164 valence electrons. The van der Waals surface area contributed by atoms with Crippen molar-refractivity contribution in [1.82, 2.24) is 10.6 Å². The van der Waals surface area contributed by atoms with Crippen LogP contribution < -0.4 is 20.7 Å². The molecule has 3 aromatic carbocycles. The average molecular weight is 431 g/mol. The van der Waals surface area contributed by atoms with Gasteiger partial charge in [0, 0.05) is 25.1 Å². The predicted octanol–water partition coefficient (Wildman–Crippen LogP) is 3.38. The summed E-state index contributed by atoms with van der Waals surface area (Å²) in [5.41, 5.74) is 2.15. The van der Waals surface area contributed by atoms with Gasteiger partial charge in [-0.1, -0.05) is 42.5 Å². The van der Waals surface area contributed by atoms with Gasteiger partial charge >= 0.3 is 0 Å². The van der Waals surface area contributed by atoms with Crippen molar-refractivity contribution in [3.8, 4) is 5.75 Å². The summed E-state index contributed by atoms with van der Waals surface area (Å²) in [6.45, 7) is 0.619. The zero-order valence-electron chi connectivity index (χ0n) is 17.8. The fourth-order valence-corrected chi connectivity index (χ4v) is 3.00.